The summed E-state index contributed by atoms with van der Waals surface area (Å²) < 4.78 is 33.3. The molecule has 2 aromatic rings. The van der Waals surface area contributed by atoms with Crippen molar-refractivity contribution in [2.24, 2.45) is 0 Å². The van der Waals surface area contributed by atoms with E-state index >= 15 is 0 Å². The average Bonchev–Trinajstić information content (AvgIpc) is 2.70. The smallest absolute Gasteiger partial charge is 0.300 e. The Morgan fingerprint density at radius 1 is 0.967 bits per heavy atom. The van der Waals surface area contributed by atoms with Gasteiger partial charge in [0, 0.05) is 39.7 Å². The SMILES string of the molecule is CC(C)(C)[PH+](c1c(Cl)sc(Cl)c1S(=O)(=O)O)C(C)(C)C.Cc1cccc(C)n1.[CH3-].[Pd]. The Morgan fingerprint density at radius 3 is 1.63 bits per heavy atom. The van der Waals surface area contributed by atoms with Crippen molar-refractivity contribution >= 4 is 57.9 Å². The molecule has 0 aliphatic heterocycles. The molecular formula is C20H32Cl2NO3PPdS2. The average molecular weight is 607 g/mol. The Bertz CT molecular complexity index is 905. The molecule has 0 atom stereocenters. The standard InChI is InChI=1S/C12H19Cl2O3PS2.C7H9N.CH3.Pd/c1-11(2,3)18(12(4,5)6)7-8(20(15,16)17)10(14)19-9(7)13;1-6-4-3-5-7(2)8-6;;/h1-6H3,(H,15,16,17);3-5H,1-2H3;1H3;/q;;-1;/p+1. The fourth-order valence-corrected chi connectivity index (χ4v) is 12.0. The van der Waals surface area contributed by atoms with E-state index in [1.54, 1.807) is 0 Å². The van der Waals surface area contributed by atoms with Gasteiger partial charge in [-0.15, -0.1) is 11.3 Å². The quantitative estimate of drug-likeness (QED) is 0.175. The zero-order valence-corrected chi connectivity index (χ0v) is 24.5. The summed E-state index contributed by atoms with van der Waals surface area (Å²) in [6, 6.07) is 6.00. The number of halogens is 2. The van der Waals surface area contributed by atoms with E-state index in [-0.39, 0.29) is 47.4 Å². The van der Waals surface area contributed by atoms with Crippen molar-refractivity contribution in [3.8, 4) is 0 Å². The van der Waals surface area contributed by atoms with Gasteiger partial charge in [0.15, 0.2) is 4.90 Å². The first kappa shape index (κ1) is 32.6. The number of thiophene rings is 1. The van der Waals surface area contributed by atoms with E-state index in [0.717, 1.165) is 22.7 Å². The third-order valence-corrected chi connectivity index (χ3v) is 11.1. The van der Waals surface area contributed by atoms with E-state index in [1.807, 2.05) is 32.0 Å². The van der Waals surface area contributed by atoms with Crippen LogP contribution >= 0.6 is 42.5 Å². The summed E-state index contributed by atoms with van der Waals surface area (Å²) >= 11 is 13.2. The minimum atomic E-state index is -4.39. The third-order valence-electron chi connectivity index (χ3n) is 3.82. The van der Waals surface area contributed by atoms with Crippen LogP contribution in [0.1, 0.15) is 52.9 Å². The van der Waals surface area contributed by atoms with Crippen LogP contribution in [0.3, 0.4) is 0 Å². The van der Waals surface area contributed by atoms with E-state index in [4.69, 9.17) is 23.2 Å². The van der Waals surface area contributed by atoms with E-state index in [1.165, 1.54) is 0 Å². The second-order valence-electron chi connectivity index (χ2n) is 8.62. The molecule has 2 heterocycles. The summed E-state index contributed by atoms with van der Waals surface area (Å²) in [5.74, 6) is 0. The molecule has 10 heteroatoms. The Kier molecular flexibility index (Phi) is 13.1. The Hall–Kier alpha value is 0.432. The molecule has 0 aliphatic carbocycles. The molecule has 0 aliphatic rings. The van der Waals surface area contributed by atoms with Gasteiger partial charge in [0.25, 0.3) is 0 Å². The number of rotatable bonds is 2. The summed E-state index contributed by atoms with van der Waals surface area (Å²) in [6.07, 6.45) is 0. The van der Waals surface area contributed by atoms with Crippen molar-refractivity contribution in [3.63, 3.8) is 0 Å². The Labute approximate surface area is 211 Å². The van der Waals surface area contributed by atoms with Gasteiger partial charge in [0.05, 0.1) is 10.3 Å². The van der Waals surface area contributed by atoms with E-state index < -0.39 is 18.0 Å². The number of hydrogen-bond donors (Lipinski definition) is 1. The number of pyridine rings is 1. The predicted octanol–water partition coefficient (Wildman–Crippen LogP) is 6.88. The van der Waals surface area contributed by atoms with Crippen LogP contribution in [0.15, 0.2) is 23.1 Å². The maximum absolute atomic E-state index is 11.7. The largest absolute Gasteiger partial charge is 0.358 e. The summed E-state index contributed by atoms with van der Waals surface area (Å²) in [6.45, 7) is 16.3. The molecule has 176 valence electrons. The molecule has 0 unspecified atom stereocenters. The van der Waals surface area contributed by atoms with Crippen LogP contribution in [0.4, 0.5) is 0 Å². The van der Waals surface area contributed by atoms with Crippen LogP contribution in [0.2, 0.25) is 8.67 Å². The molecule has 30 heavy (non-hydrogen) atoms. The molecule has 0 saturated carbocycles. The van der Waals surface area contributed by atoms with Crippen LogP contribution < -0.4 is 5.30 Å². The molecule has 0 aromatic carbocycles. The zero-order chi connectivity index (χ0) is 22.1. The van der Waals surface area contributed by atoms with Gasteiger partial charge in [-0.25, -0.2) is 0 Å². The normalized spacial score (nSPS) is 11.9. The van der Waals surface area contributed by atoms with Crippen LogP contribution in [0.5, 0.6) is 0 Å². The number of aryl methyl sites for hydroxylation is 2. The van der Waals surface area contributed by atoms with Crippen LogP contribution in [-0.4, -0.2) is 28.3 Å². The Morgan fingerprint density at radius 2 is 1.37 bits per heavy atom. The van der Waals surface area contributed by atoms with Crippen molar-refractivity contribution in [2.45, 2.75) is 70.6 Å². The first-order chi connectivity index (χ1) is 12.5. The molecule has 2 aromatic heterocycles. The van der Waals surface area contributed by atoms with Crippen molar-refractivity contribution in [2.75, 3.05) is 0 Å². The van der Waals surface area contributed by atoms with Crippen LogP contribution in [0, 0.1) is 21.3 Å². The van der Waals surface area contributed by atoms with Gasteiger partial charge >= 0.3 is 10.1 Å². The molecule has 0 spiro atoms. The first-order valence-corrected chi connectivity index (χ1v) is 13.2. The second-order valence-corrected chi connectivity index (χ2v) is 16.5. The topological polar surface area (TPSA) is 67.3 Å². The van der Waals surface area contributed by atoms with Crippen molar-refractivity contribution < 1.29 is 33.4 Å². The van der Waals surface area contributed by atoms with Crippen molar-refractivity contribution in [1.29, 1.82) is 0 Å². The zero-order valence-electron chi connectivity index (χ0n) is 18.8. The maximum Gasteiger partial charge on any atom is 0.300 e. The predicted molar refractivity (Wildman–Crippen MR) is 132 cm³/mol. The van der Waals surface area contributed by atoms with Crippen LogP contribution in [-0.2, 0) is 30.5 Å². The van der Waals surface area contributed by atoms with Crippen molar-refractivity contribution in [1.82, 2.24) is 4.98 Å². The summed E-state index contributed by atoms with van der Waals surface area (Å²) in [7, 11) is -5.81. The molecule has 0 amide bonds. The van der Waals surface area contributed by atoms with Gasteiger partial charge in [0.2, 0.25) is 0 Å². The molecule has 0 radical (unpaired) electrons. The fraction of sp³-hybridized carbons (Fsp3) is 0.500. The van der Waals surface area contributed by atoms with Gasteiger partial charge in [0.1, 0.15) is 14.0 Å². The number of nitrogens with zero attached hydrogens (tertiary/aromatic N) is 1. The van der Waals surface area contributed by atoms with Gasteiger partial charge in [-0.3, -0.25) is 9.54 Å². The second kappa shape index (κ2) is 12.1. The first-order valence-electron chi connectivity index (χ1n) is 8.70. The summed E-state index contributed by atoms with van der Waals surface area (Å²) in [5, 5.41) is 0.237. The number of hydrogen-bond acceptors (Lipinski definition) is 4. The molecule has 0 fully saturated rings. The Balaban J connectivity index is 0. The molecule has 0 bridgehead atoms. The number of aromatic nitrogens is 1. The monoisotopic (exact) mass is 605 g/mol. The minimum absolute atomic E-state index is 0. The maximum atomic E-state index is 11.7. The van der Waals surface area contributed by atoms with Crippen molar-refractivity contribution in [3.05, 3.63) is 45.7 Å². The fourth-order valence-electron chi connectivity index (χ4n) is 3.36. The molecule has 1 N–H and O–H groups in total. The summed E-state index contributed by atoms with van der Waals surface area (Å²) in [5.41, 5.74) is 2.18. The molecular weight excluding hydrogens is 575 g/mol. The minimum Gasteiger partial charge on any atom is -0.358 e. The van der Waals surface area contributed by atoms with E-state index in [9.17, 15) is 13.0 Å². The summed E-state index contributed by atoms with van der Waals surface area (Å²) in [4.78, 5) is 3.97. The third kappa shape index (κ3) is 9.12. The van der Waals surface area contributed by atoms with Gasteiger partial charge in [-0.2, -0.15) is 8.42 Å². The van der Waals surface area contributed by atoms with E-state index in [2.05, 4.69) is 46.5 Å². The van der Waals surface area contributed by atoms with Gasteiger partial charge in [-0.05, 0) is 67.5 Å². The molecule has 2 rings (SSSR count). The van der Waals surface area contributed by atoms with E-state index in [0.29, 0.717) is 9.64 Å². The van der Waals surface area contributed by atoms with Crippen LogP contribution in [0.25, 0.3) is 0 Å². The molecule has 4 nitrogen and oxygen atoms in total. The van der Waals surface area contributed by atoms with Gasteiger partial charge in [-0.1, -0.05) is 29.3 Å². The molecule has 0 saturated heterocycles. The van der Waals surface area contributed by atoms with Gasteiger partial charge < -0.3 is 7.43 Å².